The molecule has 3 rings (SSSR count). The van der Waals surface area contributed by atoms with E-state index >= 15 is 0 Å². The number of nitrogens with one attached hydrogen (secondary N) is 1. The van der Waals surface area contributed by atoms with E-state index in [0.717, 1.165) is 33.4 Å². The van der Waals surface area contributed by atoms with Gasteiger partial charge in [-0.2, -0.15) is 0 Å². The van der Waals surface area contributed by atoms with E-state index < -0.39 is 0 Å². The summed E-state index contributed by atoms with van der Waals surface area (Å²) in [6.07, 6.45) is 1.23. The summed E-state index contributed by atoms with van der Waals surface area (Å²) in [5.74, 6) is 1.78. The molecule has 1 unspecified atom stereocenters. The Bertz CT molecular complexity index is 614. The Kier molecular flexibility index (Phi) is 5.20. The lowest BCUT2D eigenvalue weighted by Crippen LogP contribution is -2.10. The van der Waals surface area contributed by atoms with Crippen LogP contribution in [0, 0.1) is 16.0 Å². The molecule has 1 aromatic carbocycles. The quantitative estimate of drug-likeness (QED) is 0.528. The van der Waals surface area contributed by atoms with Crippen LogP contribution in [-0.4, -0.2) is 28.7 Å². The van der Waals surface area contributed by atoms with Crippen LogP contribution < -0.4 is 5.32 Å². The third-order valence-corrected chi connectivity index (χ3v) is 5.58. The van der Waals surface area contributed by atoms with Gasteiger partial charge in [0.25, 0.3) is 5.69 Å². The number of halogens is 1. The van der Waals surface area contributed by atoms with Gasteiger partial charge in [0.05, 0.1) is 15.1 Å². The zero-order chi connectivity index (χ0) is 13.2. The van der Waals surface area contributed by atoms with Crippen molar-refractivity contribution in [1.29, 1.82) is 0 Å². The molecule has 2 heterocycles. The van der Waals surface area contributed by atoms with Gasteiger partial charge >= 0.3 is 0 Å². The molecule has 1 aliphatic heterocycles. The minimum Gasteiger partial charge on any atom is -0.316 e. The first kappa shape index (κ1) is 15.5. The van der Waals surface area contributed by atoms with Crippen LogP contribution >= 0.6 is 35.5 Å². The van der Waals surface area contributed by atoms with Crippen LogP contribution in [0.15, 0.2) is 22.5 Å². The molecule has 0 aliphatic carbocycles. The number of rotatable bonds is 4. The van der Waals surface area contributed by atoms with Crippen molar-refractivity contribution in [3.05, 3.63) is 28.3 Å². The summed E-state index contributed by atoms with van der Waals surface area (Å²) >= 11 is 3.37. The molecule has 5 nitrogen and oxygen atoms in total. The molecule has 2 aromatic rings. The van der Waals surface area contributed by atoms with Crippen molar-refractivity contribution in [2.24, 2.45) is 5.92 Å². The summed E-state index contributed by atoms with van der Waals surface area (Å²) in [6.45, 7) is 2.20. The highest BCUT2D eigenvalue weighted by atomic mass is 35.5. The average Bonchev–Trinajstić information content (AvgIpc) is 3.04. The normalized spacial score (nSPS) is 18.1. The maximum Gasteiger partial charge on any atom is 0.271 e. The summed E-state index contributed by atoms with van der Waals surface area (Å²) in [6, 6.07) is 4.87. The minimum atomic E-state index is -0.379. The summed E-state index contributed by atoms with van der Waals surface area (Å²) in [5, 5.41) is 14.1. The molecule has 1 atom stereocenters. The number of thioether (sulfide) groups is 1. The first-order chi connectivity index (χ1) is 9.22. The SMILES string of the molecule is Cl.O=[N+]([O-])c1ccc2sc(SCC3CCNC3)nc2c1. The molecule has 1 aromatic heterocycles. The Morgan fingerprint density at radius 1 is 1.55 bits per heavy atom. The van der Waals surface area contributed by atoms with Crippen molar-refractivity contribution in [2.45, 2.75) is 10.8 Å². The molecule has 1 N–H and O–H groups in total. The van der Waals surface area contributed by atoms with Crippen molar-refractivity contribution >= 4 is 51.4 Å². The van der Waals surface area contributed by atoms with E-state index in [4.69, 9.17) is 0 Å². The van der Waals surface area contributed by atoms with E-state index in [9.17, 15) is 10.1 Å². The number of benzene rings is 1. The lowest BCUT2D eigenvalue weighted by molar-refractivity contribution is -0.384. The number of nitrogens with zero attached hydrogens (tertiary/aromatic N) is 2. The lowest BCUT2D eigenvalue weighted by Gasteiger charge is -2.04. The first-order valence-corrected chi connectivity index (χ1v) is 7.91. The van der Waals surface area contributed by atoms with E-state index in [1.54, 1.807) is 35.2 Å². The van der Waals surface area contributed by atoms with E-state index in [-0.39, 0.29) is 23.0 Å². The monoisotopic (exact) mass is 331 g/mol. The third-order valence-electron chi connectivity index (χ3n) is 3.17. The van der Waals surface area contributed by atoms with Crippen LogP contribution in [0.3, 0.4) is 0 Å². The predicted molar refractivity (Wildman–Crippen MR) is 85.2 cm³/mol. The number of thiazole rings is 1. The first-order valence-electron chi connectivity index (χ1n) is 6.11. The summed E-state index contributed by atoms with van der Waals surface area (Å²) in [7, 11) is 0. The predicted octanol–water partition coefficient (Wildman–Crippen LogP) is 3.33. The maximum absolute atomic E-state index is 10.7. The van der Waals surface area contributed by atoms with Crippen molar-refractivity contribution in [2.75, 3.05) is 18.8 Å². The number of nitro groups is 1. The van der Waals surface area contributed by atoms with Crippen LogP contribution in [0.4, 0.5) is 5.69 Å². The smallest absolute Gasteiger partial charge is 0.271 e. The molecule has 8 heteroatoms. The molecule has 0 spiro atoms. The van der Waals surface area contributed by atoms with Crippen molar-refractivity contribution in [3.8, 4) is 0 Å². The highest BCUT2D eigenvalue weighted by Gasteiger charge is 2.16. The Labute approximate surface area is 130 Å². The molecule has 0 bridgehead atoms. The van der Waals surface area contributed by atoms with Crippen molar-refractivity contribution in [3.63, 3.8) is 0 Å². The van der Waals surface area contributed by atoms with Gasteiger partial charge in [-0.3, -0.25) is 10.1 Å². The standard InChI is InChI=1S/C12H13N3O2S2.ClH/c16-15(17)9-1-2-11-10(5-9)14-12(19-11)18-7-8-3-4-13-6-8;/h1-2,5,8,13H,3-4,6-7H2;1H. The molecule has 0 saturated carbocycles. The number of aromatic nitrogens is 1. The Balaban J connectivity index is 0.00000147. The van der Waals surface area contributed by atoms with Crippen LogP contribution in [0.25, 0.3) is 10.2 Å². The second-order valence-electron chi connectivity index (χ2n) is 4.56. The van der Waals surface area contributed by atoms with Crippen molar-refractivity contribution < 1.29 is 4.92 Å². The number of fused-ring (bicyclic) bond motifs is 1. The molecule has 20 heavy (non-hydrogen) atoms. The topological polar surface area (TPSA) is 68.1 Å². The average molecular weight is 332 g/mol. The van der Waals surface area contributed by atoms with Gasteiger partial charge in [0.1, 0.15) is 0 Å². The van der Waals surface area contributed by atoms with Gasteiger partial charge in [0.2, 0.25) is 0 Å². The van der Waals surface area contributed by atoms with E-state index in [2.05, 4.69) is 10.3 Å². The Morgan fingerprint density at radius 2 is 2.40 bits per heavy atom. The Morgan fingerprint density at radius 3 is 3.10 bits per heavy atom. The van der Waals surface area contributed by atoms with Gasteiger partial charge in [-0.1, -0.05) is 11.8 Å². The van der Waals surface area contributed by atoms with Gasteiger partial charge in [0.15, 0.2) is 4.34 Å². The number of hydrogen-bond acceptors (Lipinski definition) is 6. The molecule has 1 fully saturated rings. The van der Waals surface area contributed by atoms with Gasteiger partial charge < -0.3 is 5.32 Å². The van der Waals surface area contributed by atoms with E-state index in [0.29, 0.717) is 5.92 Å². The number of nitro benzene ring substituents is 1. The fourth-order valence-corrected chi connectivity index (χ4v) is 4.33. The zero-order valence-electron chi connectivity index (χ0n) is 10.6. The second kappa shape index (κ2) is 6.71. The largest absolute Gasteiger partial charge is 0.316 e. The molecular formula is C12H14ClN3O2S2. The summed E-state index contributed by atoms with van der Waals surface area (Å²) in [4.78, 5) is 14.8. The summed E-state index contributed by atoms with van der Waals surface area (Å²) < 4.78 is 2.01. The maximum atomic E-state index is 10.7. The van der Waals surface area contributed by atoms with Crippen molar-refractivity contribution in [1.82, 2.24) is 10.3 Å². The molecular weight excluding hydrogens is 318 g/mol. The highest BCUT2D eigenvalue weighted by molar-refractivity contribution is 8.01. The number of non-ortho nitro benzene ring substituents is 1. The van der Waals surface area contributed by atoms with Gasteiger partial charge in [0, 0.05) is 17.9 Å². The Hall–Kier alpha value is -0.890. The summed E-state index contributed by atoms with van der Waals surface area (Å²) in [5.41, 5.74) is 0.834. The molecule has 108 valence electrons. The van der Waals surface area contributed by atoms with Crippen LogP contribution in [-0.2, 0) is 0 Å². The van der Waals surface area contributed by atoms with Crippen LogP contribution in [0.1, 0.15) is 6.42 Å². The van der Waals surface area contributed by atoms with E-state index in [1.807, 2.05) is 0 Å². The van der Waals surface area contributed by atoms with E-state index in [1.165, 1.54) is 12.5 Å². The van der Waals surface area contributed by atoms with Crippen LogP contribution in [0.2, 0.25) is 0 Å². The lowest BCUT2D eigenvalue weighted by atomic mass is 10.2. The zero-order valence-corrected chi connectivity index (χ0v) is 13.0. The van der Waals surface area contributed by atoms with Crippen LogP contribution in [0.5, 0.6) is 0 Å². The third kappa shape index (κ3) is 3.41. The fourth-order valence-electron chi connectivity index (χ4n) is 2.12. The molecule has 1 saturated heterocycles. The molecule has 1 aliphatic rings. The fraction of sp³-hybridized carbons (Fsp3) is 0.417. The second-order valence-corrected chi connectivity index (χ2v) is 6.86. The van der Waals surface area contributed by atoms with Gasteiger partial charge in [-0.25, -0.2) is 4.98 Å². The molecule has 0 amide bonds. The number of hydrogen-bond donors (Lipinski definition) is 1. The molecule has 0 radical (unpaired) electrons. The van der Waals surface area contributed by atoms with Gasteiger partial charge in [-0.15, -0.1) is 23.7 Å². The van der Waals surface area contributed by atoms with Gasteiger partial charge in [-0.05, 0) is 31.5 Å². The minimum absolute atomic E-state index is 0. The highest BCUT2D eigenvalue weighted by Crippen LogP contribution is 2.32.